The zero-order valence-corrected chi connectivity index (χ0v) is 12.7. The van der Waals surface area contributed by atoms with Crippen molar-refractivity contribution in [1.29, 1.82) is 0 Å². The van der Waals surface area contributed by atoms with E-state index in [1.165, 1.54) is 4.90 Å². The predicted molar refractivity (Wildman–Crippen MR) is 77.1 cm³/mol. The van der Waals surface area contributed by atoms with Gasteiger partial charge >= 0.3 is 12.1 Å². The van der Waals surface area contributed by atoms with E-state index < -0.39 is 12.2 Å². The van der Waals surface area contributed by atoms with Gasteiger partial charge in [-0.1, -0.05) is 0 Å². The number of rotatable bonds is 1. The van der Waals surface area contributed by atoms with Crippen molar-refractivity contribution in [2.75, 3.05) is 32.8 Å². The molecule has 0 aromatic heterocycles. The maximum absolute atomic E-state index is 11.5. The Balaban J connectivity index is 1.66. The average Bonchev–Trinajstić information content (AvgIpc) is 2.83. The Labute approximate surface area is 129 Å². The molecule has 0 aromatic carbocycles. The van der Waals surface area contributed by atoms with Crippen molar-refractivity contribution < 1.29 is 24.5 Å². The first-order valence-electron chi connectivity index (χ1n) is 7.71. The average molecular weight is 310 g/mol. The molecule has 3 aliphatic heterocycles. The lowest BCUT2D eigenvalue weighted by Gasteiger charge is -2.50. The summed E-state index contributed by atoms with van der Waals surface area (Å²) in [6.45, 7) is 4.26. The summed E-state index contributed by atoms with van der Waals surface area (Å²) >= 11 is 0. The summed E-state index contributed by atoms with van der Waals surface area (Å²) in [6, 6.07) is 0. The molecule has 1 amide bonds. The Hall–Kier alpha value is -1.76. The van der Waals surface area contributed by atoms with Crippen LogP contribution in [0.2, 0.25) is 0 Å². The standard InChI is InChI=1S/C15H22N2O5/c1-10-11(9-22-13(10)19)17-7-4-15(12(18)8-17)2-5-16(6-3-15)14(20)21/h12,18H,2-9H2,1H3,(H,20,21). The van der Waals surface area contributed by atoms with Gasteiger partial charge in [0, 0.05) is 31.6 Å². The van der Waals surface area contributed by atoms with Crippen LogP contribution in [0.4, 0.5) is 4.79 Å². The molecule has 3 heterocycles. The number of cyclic esters (lactones) is 1. The maximum atomic E-state index is 11.5. The summed E-state index contributed by atoms with van der Waals surface area (Å²) in [7, 11) is 0. The van der Waals surface area contributed by atoms with Crippen LogP contribution in [0.3, 0.4) is 0 Å². The van der Waals surface area contributed by atoms with E-state index in [2.05, 4.69) is 0 Å². The van der Waals surface area contributed by atoms with Gasteiger partial charge in [0.25, 0.3) is 0 Å². The number of carbonyl (C=O) groups excluding carboxylic acids is 1. The smallest absolute Gasteiger partial charge is 0.407 e. The highest BCUT2D eigenvalue weighted by Crippen LogP contribution is 2.42. The molecule has 2 saturated heterocycles. The Morgan fingerprint density at radius 1 is 1.27 bits per heavy atom. The molecule has 7 heteroatoms. The Kier molecular flexibility index (Phi) is 3.76. The van der Waals surface area contributed by atoms with Gasteiger partial charge < -0.3 is 24.7 Å². The molecule has 1 unspecified atom stereocenters. The minimum atomic E-state index is -0.885. The second kappa shape index (κ2) is 5.46. The molecule has 2 N–H and O–H groups in total. The second-order valence-corrected chi connectivity index (χ2v) is 6.49. The van der Waals surface area contributed by atoms with E-state index in [0.29, 0.717) is 38.0 Å². The van der Waals surface area contributed by atoms with Crippen LogP contribution >= 0.6 is 0 Å². The first kappa shape index (κ1) is 15.1. The van der Waals surface area contributed by atoms with Gasteiger partial charge in [-0.2, -0.15) is 0 Å². The molecule has 0 aromatic rings. The molecule has 3 aliphatic rings. The highest BCUT2D eigenvalue weighted by molar-refractivity contribution is 5.90. The fourth-order valence-electron chi connectivity index (χ4n) is 3.79. The Bertz CT molecular complexity index is 522. The van der Waals surface area contributed by atoms with Gasteiger partial charge in [0.1, 0.15) is 6.61 Å². The van der Waals surface area contributed by atoms with Crippen molar-refractivity contribution >= 4 is 12.1 Å². The first-order chi connectivity index (χ1) is 10.4. The number of hydrogen-bond acceptors (Lipinski definition) is 5. The number of nitrogens with zero attached hydrogens (tertiary/aromatic N) is 2. The minimum absolute atomic E-state index is 0.194. The van der Waals surface area contributed by atoms with Crippen LogP contribution in [0.1, 0.15) is 26.2 Å². The van der Waals surface area contributed by atoms with Crippen LogP contribution in [0.15, 0.2) is 11.3 Å². The van der Waals surface area contributed by atoms with E-state index in [1.54, 1.807) is 6.92 Å². The predicted octanol–water partition coefficient (Wildman–Crippen LogP) is 0.644. The van der Waals surface area contributed by atoms with E-state index in [1.807, 2.05) is 4.90 Å². The largest absolute Gasteiger partial charge is 0.465 e. The zero-order valence-electron chi connectivity index (χ0n) is 12.7. The van der Waals surface area contributed by atoms with Gasteiger partial charge in [-0.25, -0.2) is 9.59 Å². The fraction of sp³-hybridized carbons (Fsp3) is 0.733. The quantitative estimate of drug-likeness (QED) is 0.691. The van der Waals surface area contributed by atoms with E-state index in [4.69, 9.17) is 9.84 Å². The molecule has 122 valence electrons. The summed E-state index contributed by atoms with van der Waals surface area (Å²) in [5, 5.41) is 19.7. The third kappa shape index (κ3) is 2.43. The Morgan fingerprint density at radius 3 is 2.41 bits per heavy atom. The topological polar surface area (TPSA) is 90.3 Å². The van der Waals surface area contributed by atoms with Crippen LogP contribution in [0, 0.1) is 5.41 Å². The van der Waals surface area contributed by atoms with E-state index in [-0.39, 0.29) is 18.0 Å². The van der Waals surface area contributed by atoms with Crippen LogP contribution < -0.4 is 0 Å². The first-order valence-corrected chi connectivity index (χ1v) is 7.71. The van der Waals surface area contributed by atoms with E-state index >= 15 is 0 Å². The van der Waals surface area contributed by atoms with Crippen molar-refractivity contribution in [3.8, 4) is 0 Å². The van der Waals surface area contributed by atoms with Crippen LogP contribution in [-0.4, -0.2) is 71.0 Å². The highest BCUT2D eigenvalue weighted by atomic mass is 16.5. The number of hydrogen-bond donors (Lipinski definition) is 2. The lowest BCUT2D eigenvalue weighted by Crippen LogP contribution is -2.55. The van der Waals surface area contributed by atoms with Crippen LogP contribution in [0.25, 0.3) is 0 Å². The molecular formula is C15H22N2O5. The van der Waals surface area contributed by atoms with Crippen LogP contribution in [-0.2, 0) is 9.53 Å². The molecule has 1 spiro atoms. The lowest BCUT2D eigenvalue weighted by molar-refractivity contribution is -0.136. The van der Waals surface area contributed by atoms with Gasteiger partial charge in [0.05, 0.1) is 17.4 Å². The van der Waals surface area contributed by atoms with Gasteiger partial charge in [-0.15, -0.1) is 0 Å². The summed E-state index contributed by atoms with van der Waals surface area (Å²) in [4.78, 5) is 25.9. The fourth-order valence-corrected chi connectivity index (χ4v) is 3.79. The number of esters is 1. The SMILES string of the molecule is CC1=C(N2CCC3(CCN(C(=O)O)CC3)C(O)C2)COC1=O. The third-order valence-electron chi connectivity index (χ3n) is 5.47. The number of aliphatic hydroxyl groups excluding tert-OH is 1. The molecule has 0 aliphatic carbocycles. The number of carbonyl (C=O) groups is 2. The highest BCUT2D eigenvalue weighted by Gasteiger charge is 2.45. The molecule has 0 bridgehead atoms. The van der Waals surface area contributed by atoms with Crippen molar-refractivity contribution in [2.45, 2.75) is 32.3 Å². The molecule has 0 radical (unpaired) electrons. The molecule has 0 saturated carbocycles. The van der Waals surface area contributed by atoms with Crippen molar-refractivity contribution in [2.24, 2.45) is 5.41 Å². The number of piperidine rings is 2. The number of ether oxygens (including phenoxy) is 1. The zero-order chi connectivity index (χ0) is 15.9. The monoisotopic (exact) mass is 310 g/mol. The summed E-state index contributed by atoms with van der Waals surface area (Å²) in [5.74, 6) is -0.278. The number of carboxylic acid groups (broad SMARTS) is 1. The van der Waals surface area contributed by atoms with E-state index in [0.717, 1.165) is 18.7 Å². The van der Waals surface area contributed by atoms with Crippen LogP contribution in [0.5, 0.6) is 0 Å². The van der Waals surface area contributed by atoms with Gasteiger partial charge in [0.15, 0.2) is 0 Å². The number of amides is 1. The van der Waals surface area contributed by atoms with Gasteiger partial charge in [-0.05, 0) is 26.2 Å². The molecule has 7 nitrogen and oxygen atoms in total. The molecule has 1 atom stereocenters. The number of aliphatic hydroxyl groups is 1. The Morgan fingerprint density at radius 2 is 1.91 bits per heavy atom. The molecule has 2 fully saturated rings. The summed E-state index contributed by atoms with van der Waals surface area (Å²) in [5.41, 5.74) is 1.31. The van der Waals surface area contributed by atoms with Gasteiger partial charge in [-0.3, -0.25) is 0 Å². The molecular weight excluding hydrogens is 288 g/mol. The number of likely N-dealkylation sites (tertiary alicyclic amines) is 2. The van der Waals surface area contributed by atoms with Crippen molar-refractivity contribution in [1.82, 2.24) is 9.80 Å². The molecule has 22 heavy (non-hydrogen) atoms. The normalized spacial score (nSPS) is 28.3. The molecule has 3 rings (SSSR count). The van der Waals surface area contributed by atoms with Crippen molar-refractivity contribution in [3.63, 3.8) is 0 Å². The summed E-state index contributed by atoms with van der Waals surface area (Å²) < 4.78 is 5.04. The van der Waals surface area contributed by atoms with E-state index in [9.17, 15) is 14.7 Å². The summed E-state index contributed by atoms with van der Waals surface area (Å²) in [6.07, 6.45) is 0.813. The third-order valence-corrected chi connectivity index (χ3v) is 5.47. The number of β-amino-alcohol motifs (C(OH)–C–C–N with tert-alkyl or cyclic N) is 1. The van der Waals surface area contributed by atoms with Gasteiger partial charge in [0.2, 0.25) is 0 Å². The second-order valence-electron chi connectivity index (χ2n) is 6.49. The van der Waals surface area contributed by atoms with Crippen molar-refractivity contribution in [3.05, 3.63) is 11.3 Å². The maximum Gasteiger partial charge on any atom is 0.407 e. The lowest BCUT2D eigenvalue weighted by atomic mass is 9.69. The minimum Gasteiger partial charge on any atom is -0.465 e.